The summed E-state index contributed by atoms with van der Waals surface area (Å²) < 4.78 is 51.3. The predicted molar refractivity (Wildman–Crippen MR) is 98.5 cm³/mol. The van der Waals surface area contributed by atoms with Gasteiger partial charge in [-0.2, -0.15) is 13.2 Å². The number of rotatable bonds is 5. The van der Waals surface area contributed by atoms with Gasteiger partial charge in [-0.1, -0.05) is 25.5 Å². The molecule has 1 saturated heterocycles. The van der Waals surface area contributed by atoms with Crippen molar-refractivity contribution >= 4 is 24.2 Å². The largest absolute Gasteiger partial charge is 0.471 e. The van der Waals surface area contributed by atoms with Crippen LogP contribution in [0.3, 0.4) is 0 Å². The maximum absolute atomic E-state index is 13.2. The number of halogens is 5. The van der Waals surface area contributed by atoms with Crippen LogP contribution in [0.15, 0.2) is 24.3 Å². The number of amides is 2. The minimum Gasteiger partial charge on any atom is -0.343 e. The molecule has 1 heterocycles. The summed E-state index contributed by atoms with van der Waals surface area (Å²) in [4.78, 5) is 25.3. The summed E-state index contributed by atoms with van der Waals surface area (Å²) in [5.41, 5.74) is 6.44. The number of carbonyl (C=O) groups excluding carboxylic acids is 2. The summed E-state index contributed by atoms with van der Waals surface area (Å²) in [5, 5.41) is 1.99. The van der Waals surface area contributed by atoms with Gasteiger partial charge in [0.15, 0.2) is 0 Å². The Morgan fingerprint density at radius 3 is 2.43 bits per heavy atom. The third-order valence-corrected chi connectivity index (χ3v) is 4.71. The van der Waals surface area contributed by atoms with E-state index in [9.17, 15) is 27.2 Å². The number of nitrogens with one attached hydrogen (secondary N) is 1. The van der Waals surface area contributed by atoms with Crippen LogP contribution in [-0.2, 0) is 9.59 Å². The second kappa shape index (κ2) is 10.1. The van der Waals surface area contributed by atoms with Gasteiger partial charge in [-0.3, -0.25) is 9.59 Å². The Labute approximate surface area is 167 Å². The number of hydrogen-bond donors (Lipinski definition) is 2. The van der Waals surface area contributed by atoms with E-state index in [0.29, 0.717) is 31.4 Å². The quantitative estimate of drug-likeness (QED) is 0.712. The Morgan fingerprint density at radius 2 is 1.89 bits per heavy atom. The average molecular weight is 426 g/mol. The first kappa shape index (κ1) is 24.2. The van der Waals surface area contributed by atoms with E-state index < -0.39 is 35.9 Å². The molecule has 1 aromatic rings. The molecular weight excluding hydrogens is 402 g/mol. The number of piperidine rings is 1. The molecule has 3 unspecified atom stereocenters. The lowest BCUT2D eigenvalue weighted by Gasteiger charge is -2.40. The van der Waals surface area contributed by atoms with Crippen LogP contribution >= 0.6 is 12.4 Å². The number of nitrogens with two attached hydrogens (primary N) is 1. The normalized spacial score (nSPS) is 20.9. The van der Waals surface area contributed by atoms with E-state index in [2.05, 4.69) is 0 Å². The molecular formula is C18H24ClF4N3O2. The molecule has 0 aromatic heterocycles. The van der Waals surface area contributed by atoms with Gasteiger partial charge in [-0.15, -0.1) is 12.4 Å². The van der Waals surface area contributed by atoms with Gasteiger partial charge in [0.2, 0.25) is 5.91 Å². The molecule has 3 N–H and O–H groups in total. The van der Waals surface area contributed by atoms with Crippen LogP contribution in [0.25, 0.3) is 0 Å². The number of benzene rings is 1. The van der Waals surface area contributed by atoms with Crippen LogP contribution in [0.4, 0.5) is 17.6 Å². The van der Waals surface area contributed by atoms with Gasteiger partial charge in [0, 0.05) is 19.0 Å². The van der Waals surface area contributed by atoms with E-state index >= 15 is 0 Å². The molecule has 2 amide bonds. The highest BCUT2D eigenvalue weighted by Crippen LogP contribution is 2.30. The van der Waals surface area contributed by atoms with Crippen molar-refractivity contribution < 1.29 is 27.2 Å². The van der Waals surface area contributed by atoms with Crippen molar-refractivity contribution in [3.63, 3.8) is 0 Å². The summed E-state index contributed by atoms with van der Waals surface area (Å²) in [5.74, 6) is -3.34. The third-order valence-electron chi connectivity index (χ3n) is 4.71. The number of likely N-dealkylation sites (tertiary alicyclic amines) is 1. The molecule has 0 bridgehead atoms. The fraction of sp³-hybridized carbons (Fsp3) is 0.556. The summed E-state index contributed by atoms with van der Waals surface area (Å²) in [7, 11) is 0. The molecule has 0 saturated carbocycles. The first-order chi connectivity index (χ1) is 12.6. The first-order valence-electron chi connectivity index (χ1n) is 8.81. The Hall–Kier alpha value is -1.87. The van der Waals surface area contributed by atoms with Crippen molar-refractivity contribution in [1.29, 1.82) is 0 Å². The van der Waals surface area contributed by atoms with Crippen LogP contribution in [0.5, 0.6) is 0 Å². The molecule has 10 heteroatoms. The van der Waals surface area contributed by atoms with Gasteiger partial charge in [-0.05, 0) is 30.5 Å². The number of carbonyl (C=O) groups is 2. The fourth-order valence-corrected chi connectivity index (χ4v) is 3.33. The van der Waals surface area contributed by atoms with Gasteiger partial charge >= 0.3 is 12.1 Å². The Bertz CT molecular complexity index is 670. The number of alkyl halides is 3. The molecule has 28 heavy (non-hydrogen) atoms. The highest BCUT2D eigenvalue weighted by atomic mass is 35.5. The molecule has 0 aliphatic carbocycles. The van der Waals surface area contributed by atoms with Gasteiger partial charge in [0.25, 0.3) is 0 Å². The predicted octanol–water partition coefficient (Wildman–Crippen LogP) is 2.74. The molecule has 0 spiro atoms. The van der Waals surface area contributed by atoms with Crippen LogP contribution in [0, 0.1) is 5.82 Å². The third kappa shape index (κ3) is 6.07. The van der Waals surface area contributed by atoms with Gasteiger partial charge in [0.05, 0.1) is 12.1 Å². The minimum atomic E-state index is -5.03. The molecule has 158 valence electrons. The van der Waals surface area contributed by atoms with E-state index in [1.165, 1.54) is 29.2 Å². The minimum absolute atomic E-state index is 0. The average Bonchev–Trinajstić information content (AvgIpc) is 2.61. The van der Waals surface area contributed by atoms with Crippen LogP contribution < -0.4 is 11.1 Å². The molecule has 5 nitrogen and oxygen atoms in total. The summed E-state index contributed by atoms with van der Waals surface area (Å²) in [6.07, 6.45) is -3.53. The molecule has 3 atom stereocenters. The lowest BCUT2D eigenvalue weighted by atomic mass is 9.85. The zero-order valence-electron chi connectivity index (χ0n) is 15.3. The van der Waals surface area contributed by atoms with Crippen molar-refractivity contribution in [2.45, 2.75) is 50.4 Å². The summed E-state index contributed by atoms with van der Waals surface area (Å²) >= 11 is 0. The zero-order valence-corrected chi connectivity index (χ0v) is 16.2. The summed E-state index contributed by atoms with van der Waals surface area (Å²) in [6.45, 7) is 2.09. The van der Waals surface area contributed by atoms with Gasteiger partial charge in [0.1, 0.15) is 5.82 Å². The maximum Gasteiger partial charge on any atom is 0.471 e. The second-order valence-corrected chi connectivity index (χ2v) is 6.70. The van der Waals surface area contributed by atoms with Gasteiger partial charge in [-0.25, -0.2) is 4.39 Å². The van der Waals surface area contributed by atoms with E-state index in [-0.39, 0.29) is 24.9 Å². The second-order valence-electron chi connectivity index (χ2n) is 6.70. The zero-order chi connectivity index (χ0) is 20.2. The van der Waals surface area contributed by atoms with Crippen LogP contribution in [0.1, 0.15) is 37.7 Å². The monoisotopic (exact) mass is 425 g/mol. The Kier molecular flexibility index (Phi) is 8.69. The summed E-state index contributed by atoms with van der Waals surface area (Å²) in [6, 6.07) is 3.71. The molecule has 1 aliphatic heterocycles. The maximum atomic E-state index is 13.2. The van der Waals surface area contributed by atoms with Crippen LogP contribution in [0.2, 0.25) is 0 Å². The molecule has 2 rings (SSSR count). The van der Waals surface area contributed by atoms with E-state index in [1.54, 1.807) is 0 Å². The van der Waals surface area contributed by atoms with E-state index in [4.69, 9.17) is 5.73 Å². The molecule has 0 radical (unpaired) electrons. The fourth-order valence-electron chi connectivity index (χ4n) is 3.33. The van der Waals surface area contributed by atoms with Crippen molar-refractivity contribution in [1.82, 2.24) is 10.2 Å². The molecule has 1 aromatic carbocycles. The Morgan fingerprint density at radius 1 is 1.29 bits per heavy atom. The van der Waals surface area contributed by atoms with Crippen LogP contribution in [-0.4, -0.2) is 48.1 Å². The van der Waals surface area contributed by atoms with Crippen molar-refractivity contribution in [2.24, 2.45) is 5.73 Å². The standard InChI is InChI=1S/C18H23F4N3O2.ClH/c1-2-3-14(23)16(26)25-9-8-13(11-4-6-12(19)7-5-11)15(10-25)24-17(27)18(20,21)22;/h4-7,13-15H,2-3,8-10,23H2,1H3,(H,24,27);1H. The molecule has 1 aliphatic rings. The number of nitrogens with zero attached hydrogens (tertiary/aromatic N) is 1. The van der Waals surface area contributed by atoms with Crippen molar-refractivity contribution in [2.75, 3.05) is 13.1 Å². The first-order valence-corrected chi connectivity index (χ1v) is 8.81. The van der Waals surface area contributed by atoms with E-state index in [1.807, 2.05) is 12.2 Å². The molecule has 1 fully saturated rings. The number of hydrogen-bond acceptors (Lipinski definition) is 3. The van der Waals surface area contributed by atoms with Gasteiger partial charge < -0.3 is 16.0 Å². The van der Waals surface area contributed by atoms with E-state index in [0.717, 1.165) is 0 Å². The topological polar surface area (TPSA) is 75.4 Å². The SMILES string of the molecule is CCCC(N)C(=O)N1CCC(c2ccc(F)cc2)C(NC(=O)C(F)(F)F)C1.Cl. The highest BCUT2D eigenvalue weighted by Gasteiger charge is 2.43. The van der Waals surface area contributed by atoms with Crippen molar-refractivity contribution in [3.05, 3.63) is 35.6 Å². The lowest BCUT2D eigenvalue weighted by molar-refractivity contribution is -0.175. The van der Waals surface area contributed by atoms with Crippen molar-refractivity contribution in [3.8, 4) is 0 Å². The lowest BCUT2D eigenvalue weighted by Crippen LogP contribution is -2.57. The Balaban J connectivity index is 0.00000392. The highest BCUT2D eigenvalue weighted by molar-refractivity contribution is 5.85. The smallest absolute Gasteiger partial charge is 0.343 e.